The van der Waals surface area contributed by atoms with Gasteiger partial charge in [0.1, 0.15) is 18.5 Å². The molecule has 0 aliphatic rings. The minimum atomic E-state index is -1.07. The predicted octanol–water partition coefficient (Wildman–Crippen LogP) is 1.00. The average molecular weight is 272 g/mol. The highest BCUT2D eigenvalue weighted by molar-refractivity contribution is 5.75. The molecule has 0 aliphatic carbocycles. The van der Waals surface area contributed by atoms with Crippen molar-refractivity contribution in [2.45, 2.75) is 13.0 Å². The largest absolute Gasteiger partial charge is 0.485 e. The number of esters is 1. The predicted molar refractivity (Wildman–Crippen MR) is 63.2 cm³/mol. The fourth-order valence-corrected chi connectivity index (χ4v) is 1.25. The number of rotatable bonds is 6. The van der Waals surface area contributed by atoms with E-state index in [9.17, 15) is 19.3 Å². The highest BCUT2D eigenvalue weighted by atomic mass is 19.1. The fourth-order valence-electron chi connectivity index (χ4n) is 1.25. The number of carbonyl (C=O) groups is 1. The number of nitrogens with zero attached hydrogens (tertiary/aromatic N) is 1. The Balaban J connectivity index is 2.72. The summed E-state index contributed by atoms with van der Waals surface area (Å²) in [6.45, 7) is 1.49. The van der Waals surface area contributed by atoms with Crippen LogP contribution in [0.25, 0.3) is 0 Å². The Hall–Kier alpha value is -2.22. The van der Waals surface area contributed by atoms with Crippen LogP contribution in [0.3, 0.4) is 0 Å². The molecule has 0 amide bonds. The van der Waals surface area contributed by atoms with Crippen LogP contribution in [0.4, 0.5) is 10.1 Å². The number of benzene rings is 1. The zero-order valence-corrected chi connectivity index (χ0v) is 10.2. The number of hydrogen-bond acceptors (Lipinski definition) is 6. The van der Waals surface area contributed by atoms with E-state index in [4.69, 9.17) is 10.5 Å². The Morgan fingerprint density at radius 3 is 2.84 bits per heavy atom. The molecule has 8 heteroatoms. The molecule has 1 unspecified atom stereocenters. The lowest BCUT2D eigenvalue weighted by molar-refractivity contribution is -0.386. The molecule has 0 aromatic heterocycles. The van der Waals surface area contributed by atoms with Gasteiger partial charge in [-0.15, -0.1) is 0 Å². The van der Waals surface area contributed by atoms with Crippen LogP contribution >= 0.6 is 0 Å². The molecule has 0 bridgehead atoms. The lowest BCUT2D eigenvalue weighted by Gasteiger charge is -2.12. The van der Waals surface area contributed by atoms with Gasteiger partial charge in [0, 0.05) is 0 Å². The maximum absolute atomic E-state index is 12.9. The minimum Gasteiger partial charge on any atom is -0.485 e. The van der Waals surface area contributed by atoms with E-state index in [-0.39, 0.29) is 19.0 Å². The van der Waals surface area contributed by atoms with E-state index in [1.54, 1.807) is 6.92 Å². The number of nitro benzene ring substituents is 1. The topological polar surface area (TPSA) is 105 Å². The van der Waals surface area contributed by atoms with Crippen molar-refractivity contribution in [1.82, 2.24) is 0 Å². The third-order valence-corrected chi connectivity index (χ3v) is 2.13. The van der Waals surface area contributed by atoms with Crippen molar-refractivity contribution in [1.29, 1.82) is 0 Å². The van der Waals surface area contributed by atoms with Crippen molar-refractivity contribution >= 4 is 11.7 Å². The molecule has 0 saturated carbocycles. The Bertz CT molecular complexity index is 480. The first-order valence-corrected chi connectivity index (χ1v) is 5.44. The first-order valence-electron chi connectivity index (χ1n) is 5.44. The molecule has 0 aliphatic heterocycles. The molecular weight excluding hydrogens is 259 g/mol. The molecule has 19 heavy (non-hydrogen) atoms. The van der Waals surface area contributed by atoms with Gasteiger partial charge in [-0.1, -0.05) is 0 Å². The number of hydrogen-bond donors (Lipinski definition) is 1. The summed E-state index contributed by atoms with van der Waals surface area (Å²) in [5.74, 6) is -1.59. The van der Waals surface area contributed by atoms with E-state index in [1.807, 2.05) is 0 Å². The molecule has 1 aromatic rings. The van der Waals surface area contributed by atoms with Crippen molar-refractivity contribution in [3.05, 3.63) is 34.1 Å². The van der Waals surface area contributed by atoms with Gasteiger partial charge in [0.25, 0.3) is 0 Å². The van der Waals surface area contributed by atoms with Crippen LogP contribution in [0.1, 0.15) is 6.92 Å². The smallest absolute Gasteiger partial charge is 0.326 e. The lowest BCUT2D eigenvalue weighted by Crippen LogP contribution is -2.37. The monoisotopic (exact) mass is 272 g/mol. The summed E-state index contributed by atoms with van der Waals surface area (Å²) in [5.41, 5.74) is 4.93. The van der Waals surface area contributed by atoms with E-state index >= 15 is 0 Å². The van der Waals surface area contributed by atoms with E-state index in [0.717, 1.165) is 18.2 Å². The SMILES string of the molecule is CCOC(=O)C(N)COc1ccc(F)cc1[N+](=O)[O-]. The van der Waals surface area contributed by atoms with Gasteiger partial charge in [0.05, 0.1) is 17.6 Å². The van der Waals surface area contributed by atoms with E-state index in [2.05, 4.69) is 4.74 Å². The molecule has 1 aromatic carbocycles. The van der Waals surface area contributed by atoms with Gasteiger partial charge in [-0.05, 0) is 19.1 Å². The van der Waals surface area contributed by atoms with E-state index in [0.29, 0.717) is 0 Å². The summed E-state index contributed by atoms with van der Waals surface area (Å²) in [7, 11) is 0. The highest BCUT2D eigenvalue weighted by Gasteiger charge is 2.20. The second-order valence-corrected chi connectivity index (χ2v) is 3.54. The van der Waals surface area contributed by atoms with Crippen LogP contribution in [-0.4, -0.2) is 30.1 Å². The van der Waals surface area contributed by atoms with Crippen LogP contribution in [0, 0.1) is 15.9 Å². The second-order valence-electron chi connectivity index (χ2n) is 3.54. The van der Waals surface area contributed by atoms with Gasteiger partial charge in [-0.2, -0.15) is 0 Å². The summed E-state index contributed by atoms with van der Waals surface area (Å²) in [5, 5.41) is 10.7. The standard InChI is InChI=1S/C11H13FN2O5/c1-2-18-11(15)8(13)6-19-10-4-3-7(12)5-9(10)14(16)17/h3-5,8H,2,6,13H2,1H3. The molecule has 1 rings (SSSR count). The molecule has 2 N–H and O–H groups in total. The summed E-state index contributed by atoms with van der Waals surface area (Å²) in [6.07, 6.45) is 0. The second kappa shape index (κ2) is 6.64. The zero-order valence-electron chi connectivity index (χ0n) is 10.2. The summed E-state index contributed by atoms with van der Waals surface area (Å²) >= 11 is 0. The lowest BCUT2D eigenvalue weighted by atomic mass is 10.3. The van der Waals surface area contributed by atoms with Gasteiger partial charge in [-0.25, -0.2) is 4.39 Å². The van der Waals surface area contributed by atoms with Crippen LogP contribution in [0.15, 0.2) is 18.2 Å². The molecule has 0 fully saturated rings. The number of ether oxygens (including phenoxy) is 2. The Kier molecular flexibility index (Phi) is 5.19. The molecule has 104 valence electrons. The van der Waals surface area contributed by atoms with Gasteiger partial charge in [0.2, 0.25) is 0 Å². The Morgan fingerprint density at radius 1 is 1.58 bits per heavy atom. The van der Waals surface area contributed by atoms with E-state index < -0.39 is 28.4 Å². The normalized spacial score (nSPS) is 11.7. The first kappa shape index (κ1) is 14.8. The highest BCUT2D eigenvalue weighted by Crippen LogP contribution is 2.27. The van der Waals surface area contributed by atoms with Crippen molar-refractivity contribution in [2.75, 3.05) is 13.2 Å². The maximum Gasteiger partial charge on any atom is 0.326 e. The molecule has 1 atom stereocenters. The molecule has 0 spiro atoms. The molecule has 7 nitrogen and oxygen atoms in total. The summed E-state index contributed by atoms with van der Waals surface area (Å²) in [4.78, 5) is 21.1. The Morgan fingerprint density at radius 2 is 2.26 bits per heavy atom. The third-order valence-electron chi connectivity index (χ3n) is 2.13. The van der Waals surface area contributed by atoms with Gasteiger partial charge in [0.15, 0.2) is 5.75 Å². The number of nitro groups is 1. The van der Waals surface area contributed by atoms with Crippen molar-refractivity contribution in [2.24, 2.45) is 5.73 Å². The molecule has 0 saturated heterocycles. The van der Waals surface area contributed by atoms with Crippen molar-refractivity contribution in [3.8, 4) is 5.75 Å². The quantitative estimate of drug-likeness (QED) is 0.470. The van der Waals surface area contributed by atoms with Crippen LogP contribution < -0.4 is 10.5 Å². The summed E-state index contributed by atoms with van der Waals surface area (Å²) < 4.78 is 22.6. The number of halogens is 1. The minimum absolute atomic E-state index is 0.161. The zero-order chi connectivity index (χ0) is 14.4. The molecule has 0 radical (unpaired) electrons. The van der Waals surface area contributed by atoms with Gasteiger partial charge >= 0.3 is 11.7 Å². The summed E-state index contributed by atoms with van der Waals surface area (Å²) in [6, 6.07) is 1.78. The van der Waals surface area contributed by atoms with Crippen LogP contribution in [0.2, 0.25) is 0 Å². The number of carbonyl (C=O) groups excluding carboxylic acids is 1. The Labute approximate surface area is 108 Å². The first-order chi connectivity index (χ1) is 8.95. The van der Waals surface area contributed by atoms with Crippen LogP contribution in [-0.2, 0) is 9.53 Å². The van der Waals surface area contributed by atoms with Crippen LogP contribution in [0.5, 0.6) is 5.75 Å². The third kappa shape index (κ3) is 4.18. The average Bonchev–Trinajstić information content (AvgIpc) is 2.36. The van der Waals surface area contributed by atoms with E-state index in [1.165, 1.54) is 0 Å². The number of nitrogens with two attached hydrogens (primary N) is 1. The molecule has 0 heterocycles. The van der Waals surface area contributed by atoms with Gasteiger partial charge in [-0.3, -0.25) is 14.9 Å². The fraction of sp³-hybridized carbons (Fsp3) is 0.364. The van der Waals surface area contributed by atoms with Gasteiger partial charge < -0.3 is 15.2 Å². The maximum atomic E-state index is 12.9. The molecular formula is C11H13FN2O5. The van der Waals surface area contributed by atoms with Crippen molar-refractivity contribution in [3.63, 3.8) is 0 Å². The van der Waals surface area contributed by atoms with Crippen molar-refractivity contribution < 1.29 is 23.6 Å².